The molecule has 0 saturated carbocycles. The molecular formula is C19H23N7O. The Balaban J connectivity index is 1.55. The molecule has 5 rings (SSSR count). The van der Waals surface area contributed by atoms with Gasteiger partial charge in [-0.1, -0.05) is 0 Å². The van der Waals surface area contributed by atoms with Gasteiger partial charge >= 0.3 is 0 Å². The van der Waals surface area contributed by atoms with Crippen molar-refractivity contribution >= 4 is 16.7 Å². The molecular weight excluding hydrogens is 342 g/mol. The summed E-state index contributed by atoms with van der Waals surface area (Å²) < 4.78 is 5.37. The second-order valence-electron chi connectivity index (χ2n) is 7.49. The summed E-state index contributed by atoms with van der Waals surface area (Å²) in [6.07, 6.45) is 8.98. The van der Waals surface area contributed by atoms with Gasteiger partial charge in [0.2, 0.25) is 5.88 Å². The van der Waals surface area contributed by atoms with Crippen LogP contribution in [-0.2, 0) is 0 Å². The predicted molar refractivity (Wildman–Crippen MR) is 103 cm³/mol. The minimum atomic E-state index is 0.470. The Kier molecular flexibility index (Phi) is 3.93. The van der Waals surface area contributed by atoms with Gasteiger partial charge in [0, 0.05) is 31.2 Å². The number of rotatable bonds is 3. The highest BCUT2D eigenvalue weighted by atomic mass is 16.5. The minimum Gasteiger partial charge on any atom is -0.481 e. The van der Waals surface area contributed by atoms with Crippen LogP contribution < -0.4 is 15.0 Å². The molecule has 8 heteroatoms. The molecule has 140 valence electrons. The molecule has 0 aliphatic carbocycles. The standard InChI is InChI=1S/C19H23N7O/c1-27-18-14(10-22-25-18)16-23-15-11-20-6-2-13(15)17(24-16)26-8-4-19(5-9-26)3-7-21-12-19/h2,6,10-11,21H,3-5,7-9,12H2,1H3,(H,22,25). The van der Waals surface area contributed by atoms with Crippen molar-refractivity contribution in [3.8, 4) is 17.3 Å². The van der Waals surface area contributed by atoms with Gasteiger partial charge in [-0.15, -0.1) is 0 Å². The maximum absolute atomic E-state index is 5.37. The lowest BCUT2D eigenvalue weighted by Crippen LogP contribution is -2.41. The third-order valence-corrected chi connectivity index (χ3v) is 5.98. The molecule has 5 heterocycles. The van der Waals surface area contributed by atoms with Gasteiger partial charge in [0.15, 0.2) is 5.82 Å². The van der Waals surface area contributed by atoms with Gasteiger partial charge in [0.1, 0.15) is 11.4 Å². The third-order valence-electron chi connectivity index (χ3n) is 5.98. The van der Waals surface area contributed by atoms with Crippen LogP contribution in [0.4, 0.5) is 5.82 Å². The zero-order valence-corrected chi connectivity index (χ0v) is 15.4. The molecule has 2 saturated heterocycles. The molecule has 3 aromatic rings. The Hall–Kier alpha value is -2.74. The van der Waals surface area contributed by atoms with Crippen LogP contribution in [0.5, 0.6) is 5.88 Å². The van der Waals surface area contributed by atoms with E-state index in [1.54, 1.807) is 25.7 Å². The van der Waals surface area contributed by atoms with Crippen molar-refractivity contribution in [2.75, 3.05) is 38.2 Å². The SMILES string of the molecule is COc1[nH]ncc1-c1nc(N2CCC3(CCNC3)CC2)c2ccncc2n1. The summed E-state index contributed by atoms with van der Waals surface area (Å²) in [7, 11) is 1.61. The molecule has 2 N–H and O–H groups in total. The lowest BCUT2D eigenvalue weighted by Gasteiger charge is -2.39. The molecule has 3 aromatic heterocycles. The average Bonchev–Trinajstić information content (AvgIpc) is 3.37. The fraction of sp³-hybridized carbons (Fsp3) is 0.474. The highest BCUT2D eigenvalue weighted by Crippen LogP contribution is 2.39. The van der Waals surface area contributed by atoms with Gasteiger partial charge in [-0.05, 0) is 37.3 Å². The molecule has 2 aliphatic rings. The number of methoxy groups -OCH3 is 1. The van der Waals surface area contributed by atoms with Crippen LogP contribution in [0.25, 0.3) is 22.3 Å². The van der Waals surface area contributed by atoms with Crippen molar-refractivity contribution in [1.82, 2.24) is 30.5 Å². The smallest absolute Gasteiger partial charge is 0.220 e. The van der Waals surface area contributed by atoms with Gasteiger partial charge in [0.25, 0.3) is 0 Å². The molecule has 1 spiro atoms. The maximum atomic E-state index is 5.37. The molecule has 2 fully saturated rings. The topological polar surface area (TPSA) is 91.8 Å². The summed E-state index contributed by atoms with van der Waals surface area (Å²) in [5.74, 6) is 2.15. The molecule has 2 aliphatic heterocycles. The average molecular weight is 365 g/mol. The van der Waals surface area contributed by atoms with E-state index < -0.39 is 0 Å². The van der Waals surface area contributed by atoms with Gasteiger partial charge in [-0.3, -0.25) is 4.98 Å². The first kappa shape index (κ1) is 16.4. The van der Waals surface area contributed by atoms with Crippen molar-refractivity contribution in [2.24, 2.45) is 5.41 Å². The van der Waals surface area contributed by atoms with E-state index in [2.05, 4.69) is 25.4 Å². The first-order valence-electron chi connectivity index (χ1n) is 9.43. The van der Waals surface area contributed by atoms with Crippen molar-refractivity contribution < 1.29 is 4.74 Å². The molecule has 0 bridgehead atoms. The van der Waals surface area contributed by atoms with Gasteiger partial charge in [0.05, 0.1) is 25.0 Å². The summed E-state index contributed by atoms with van der Waals surface area (Å²) in [4.78, 5) is 16.3. The Labute approximate surface area is 157 Å². The Bertz CT molecular complexity index is 954. The van der Waals surface area contributed by atoms with Crippen LogP contribution in [0, 0.1) is 5.41 Å². The number of piperidine rings is 1. The van der Waals surface area contributed by atoms with E-state index in [0.29, 0.717) is 17.1 Å². The summed E-state index contributed by atoms with van der Waals surface area (Å²) >= 11 is 0. The first-order chi connectivity index (χ1) is 13.3. The fourth-order valence-corrected chi connectivity index (χ4v) is 4.33. The monoisotopic (exact) mass is 365 g/mol. The van der Waals surface area contributed by atoms with Crippen LogP contribution in [0.1, 0.15) is 19.3 Å². The third kappa shape index (κ3) is 2.80. The molecule has 0 atom stereocenters. The van der Waals surface area contributed by atoms with Crippen LogP contribution in [0.15, 0.2) is 24.7 Å². The van der Waals surface area contributed by atoms with Crippen molar-refractivity contribution in [2.45, 2.75) is 19.3 Å². The van der Waals surface area contributed by atoms with Gasteiger partial charge < -0.3 is 15.0 Å². The zero-order valence-electron chi connectivity index (χ0n) is 15.4. The molecule has 0 unspecified atom stereocenters. The maximum Gasteiger partial charge on any atom is 0.220 e. The molecule has 0 radical (unpaired) electrons. The Morgan fingerprint density at radius 3 is 2.81 bits per heavy atom. The number of hydrogen-bond acceptors (Lipinski definition) is 7. The lowest BCUT2D eigenvalue weighted by molar-refractivity contribution is 0.247. The van der Waals surface area contributed by atoms with E-state index >= 15 is 0 Å². The van der Waals surface area contributed by atoms with E-state index in [0.717, 1.165) is 48.5 Å². The van der Waals surface area contributed by atoms with E-state index in [1.807, 2.05) is 6.07 Å². The second kappa shape index (κ2) is 6.45. The van der Waals surface area contributed by atoms with Crippen molar-refractivity contribution in [3.05, 3.63) is 24.7 Å². The van der Waals surface area contributed by atoms with Crippen LogP contribution >= 0.6 is 0 Å². The van der Waals surface area contributed by atoms with E-state index in [1.165, 1.54) is 19.3 Å². The van der Waals surface area contributed by atoms with Gasteiger partial charge in [-0.25, -0.2) is 15.1 Å². The summed E-state index contributed by atoms with van der Waals surface area (Å²) in [5, 5.41) is 11.5. The number of hydrogen-bond donors (Lipinski definition) is 2. The fourth-order valence-electron chi connectivity index (χ4n) is 4.33. The summed E-state index contributed by atoms with van der Waals surface area (Å²) in [6, 6.07) is 2.00. The Morgan fingerprint density at radius 2 is 2.04 bits per heavy atom. The number of pyridine rings is 1. The highest BCUT2D eigenvalue weighted by Gasteiger charge is 2.37. The van der Waals surface area contributed by atoms with Crippen LogP contribution in [0.3, 0.4) is 0 Å². The minimum absolute atomic E-state index is 0.470. The quantitative estimate of drug-likeness (QED) is 0.733. The highest BCUT2D eigenvalue weighted by molar-refractivity contribution is 5.90. The number of H-pyrrole nitrogens is 1. The van der Waals surface area contributed by atoms with E-state index in [4.69, 9.17) is 14.7 Å². The van der Waals surface area contributed by atoms with Gasteiger partial charge in [-0.2, -0.15) is 5.10 Å². The summed E-state index contributed by atoms with van der Waals surface area (Å²) in [5.41, 5.74) is 2.07. The lowest BCUT2D eigenvalue weighted by atomic mass is 9.78. The largest absolute Gasteiger partial charge is 0.481 e. The zero-order chi connectivity index (χ0) is 18.3. The Morgan fingerprint density at radius 1 is 1.15 bits per heavy atom. The number of ether oxygens (including phenoxy) is 1. The molecule has 0 amide bonds. The second-order valence-corrected chi connectivity index (χ2v) is 7.49. The number of fused-ring (bicyclic) bond motifs is 1. The van der Waals surface area contributed by atoms with Crippen molar-refractivity contribution in [1.29, 1.82) is 0 Å². The number of nitrogens with zero attached hydrogens (tertiary/aromatic N) is 5. The molecule has 27 heavy (non-hydrogen) atoms. The van der Waals surface area contributed by atoms with Crippen LogP contribution in [-0.4, -0.2) is 58.4 Å². The predicted octanol–water partition coefficient (Wildman–Crippen LogP) is 2.00. The normalized spacial score (nSPS) is 19.1. The van der Waals surface area contributed by atoms with E-state index in [-0.39, 0.29) is 0 Å². The number of anilines is 1. The first-order valence-corrected chi connectivity index (χ1v) is 9.43. The molecule has 8 nitrogen and oxygen atoms in total. The number of aromatic amines is 1. The van der Waals surface area contributed by atoms with Crippen LogP contribution in [0.2, 0.25) is 0 Å². The number of nitrogens with one attached hydrogen (secondary N) is 2. The summed E-state index contributed by atoms with van der Waals surface area (Å²) in [6.45, 7) is 4.31. The number of aromatic nitrogens is 5. The van der Waals surface area contributed by atoms with Crippen molar-refractivity contribution in [3.63, 3.8) is 0 Å². The molecule has 0 aromatic carbocycles. The van der Waals surface area contributed by atoms with E-state index in [9.17, 15) is 0 Å².